The Morgan fingerprint density at radius 3 is 2.39 bits per heavy atom. The zero-order chi connectivity index (χ0) is 23.4. The average molecular weight is 465 g/mol. The van der Waals surface area contributed by atoms with Crippen molar-refractivity contribution in [2.24, 2.45) is 0 Å². The van der Waals surface area contributed by atoms with Gasteiger partial charge in [0.2, 0.25) is 5.91 Å². The lowest BCUT2D eigenvalue weighted by Crippen LogP contribution is -2.27. The van der Waals surface area contributed by atoms with Crippen molar-refractivity contribution < 1.29 is 15.0 Å². The van der Waals surface area contributed by atoms with Crippen LogP contribution in [0.5, 0.6) is 11.5 Å². The van der Waals surface area contributed by atoms with Crippen LogP contribution in [0.1, 0.15) is 63.8 Å². The third-order valence-electron chi connectivity index (χ3n) is 7.13. The van der Waals surface area contributed by atoms with E-state index < -0.39 is 5.41 Å². The van der Waals surface area contributed by atoms with Crippen molar-refractivity contribution in [2.45, 2.75) is 63.3 Å². The van der Waals surface area contributed by atoms with Crippen molar-refractivity contribution in [3.63, 3.8) is 0 Å². The normalized spacial score (nSPS) is 18.4. The third kappa shape index (κ3) is 3.99. The van der Waals surface area contributed by atoms with E-state index in [1.165, 1.54) is 47.7 Å². The van der Waals surface area contributed by atoms with E-state index in [-0.39, 0.29) is 22.8 Å². The van der Waals surface area contributed by atoms with Crippen LogP contribution in [-0.2, 0) is 15.6 Å². The number of carbonyl (C=O) groups is 1. The maximum atomic E-state index is 13.2. The molecular weight excluding hydrogens is 432 g/mol. The molecule has 5 rings (SSSR count). The summed E-state index contributed by atoms with van der Waals surface area (Å²) in [4.78, 5) is 13.2. The molecule has 2 aliphatic rings. The number of thioether (sulfide) groups is 1. The minimum absolute atomic E-state index is 0.0337. The lowest BCUT2D eigenvalue weighted by Gasteiger charge is -2.30. The van der Waals surface area contributed by atoms with Crippen molar-refractivity contribution in [2.75, 3.05) is 16.8 Å². The van der Waals surface area contributed by atoms with E-state index >= 15 is 0 Å². The number of benzene rings is 2. The molecule has 1 aliphatic heterocycles. The minimum Gasteiger partial charge on any atom is -0.504 e. The van der Waals surface area contributed by atoms with Gasteiger partial charge in [-0.1, -0.05) is 26.8 Å². The van der Waals surface area contributed by atoms with Gasteiger partial charge >= 0.3 is 0 Å². The number of phenols is 2. The number of anilines is 1. The smallest absolute Gasteiger partial charge is 0.235 e. The van der Waals surface area contributed by atoms with E-state index in [9.17, 15) is 15.0 Å². The van der Waals surface area contributed by atoms with Crippen LogP contribution in [0, 0.1) is 0 Å². The molecule has 6 heteroatoms. The molecule has 2 aromatic carbocycles. The molecule has 2 fully saturated rings. The summed E-state index contributed by atoms with van der Waals surface area (Å²) in [6.45, 7) is 6.80. The number of fused-ring (bicyclic) bond motifs is 1. The van der Waals surface area contributed by atoms with Crippen molar-refractivity contribution >= 4 is 34.3 Å². The summed E-state index contributed by atoms with van der Waals surface area (Å²) < 4.78 is 2.54. The topological polar surface area (TPSA) is 74.5 Å². The van der Waals surface area contributed by atoms with Crippen molar-refractivity contribution in [3.8, 4) is 11.5 Å². The second-order valence-electron chi connectivity index (χ2n) is 10.5. The Kier molecular flexibility index (Phi) is 5.39. The number of nitrogens with zero attached hydrogens (tertiary/aromatic N) is 1. The molecule has 0 atom stereocenters. The van der Waals surface area contributed by atoms with Crippen molar-refractivity contribution in [1.82, 2.24) is 4.57 Å². The van der Waals surface area contributed by atoms with Gasteiger partial charge < -0.3 is 20.1 Å². The van der Waals surface area contributed by atoms with Gasteiger partial charge in [-0.05, 0) is 79.2 Å². The maximum Gasteiger partial charge on any atom is 0.235 e. The van der Waals surface area contributed by atoms with Crippen molar-refractivity contribution in [1.29, 1.82) is 0 Å². The number of rotatable bonds is 4. The van der Waals surface area contributed by atoms with Crippen LogP contribution in [-0.4, -0.2) is 32.2 Å². The van der Waals surface area contributed by atoms with E-state index in [2.05, 4.69) is 48.9 Å². The van der Waals surface area contributed by atoms with Crippen LogP contribution in [0.3, 0.4) is 0 Å². The molecule has 0 unspecified atom stereocenters. The maximum absolute atomic E-state index is 13.2. The van der Waals surface area contributed by atoms with Gasteiger partial charge in [-0.2, -0.15) is 11.8 Å². The predicted octanol–water partition coefficient (Wildman–Crippen LogP) is 6.09. The van der Waals surface area contributed by atoms with E-state index in [1.54, 1.807) is 6.07 Å². The molecule has 1 aliphatic carbocycles. The van der Waals surface area contributed by atoms with Crippen LogP contribution in [0.25, 0.3) is 10.9 Å². The van der Waals surface area contributed by atoms with Gasteiger partial charge in [0.25, 0.3) is 0 Å². The predicted molar refractivity (Wildman–Crippen MR) is 136 cm³/mol. The molecule has 0 radical (unpaired) electrons. The Morgan fingerprint density at radius 2 is 1.76 bits per heavy atom. The molecule has 1 amide bonds. The molecule has 1 saturated carbocycles. The monoisotopic (exact) mass is 464 g/mol. The highest BCUT2D eigenvalue weighted by Crippen LogP contribution is 2.50. The van der Waals surface area contributed by atoms with Gasteiger partial charge in [0.15, 0.2) is 11.5 Å². The summed E-state index contributed by atoms with van der Waals surface area (Å²) in [5.74, 6) is 1.99. The summed E-state index contributed by atoms with van der Waals surface area (Å²) >= 11 is 2.04. The first-order valence-corrected chi connectivity index (χ1v) is 12.9. The molecule has 5 nitrogen and oxygen atoms in total. The first-order chi connectivity index (χ1) is 15.7. The van der Waals surface area contributed by atoms with Crippen LogP contribution in [0.2, 0.25) is 0 Å². The number of carbonyl (C=O) groups excluding carboxylic acids is 1. The van der Waals surface area contributed by atoms with Crippen LogP contribution in [0.4, 0.5) is 5.69 Å². The molecule has 2 heterocycles. The number of amides is 1. The fraction of sp³-hybridized carbons (Fsp3) is 0.444. The molecule has 1 aromatic heterocycles. The van der Waals surface area contributed by atoms with Gasteiger partial charge in [0.1, 0.15) is 0 Å². The molecule has 0 spiro atoms. The molecule has 174 valence electrons. The first-order valence-electron chi connectivity index (χ1n) is 11.8. The Balaban J connectivity index is 1.46. The van der Waals surface area contributed by atoms with Gasteiger partial charge in [-0.3, -0.25) is 4.79 Å². The van der Waals surface area contributed by atoms with Crippen LogP contribution >= 0.6 is 11.8 Å². The highest BCUT2D eigenvalue weighted by molar-refractivity contribution is 7.99. The summed E-state index contributed by atoms with van der Waals surface area (Å²) in [6.07, 6.45) is 3.85. The largest absolute Gasteiger partial charge is 0.504 e. The van der Waals surface area contributed by atoms with Gasteiger partial charge in [0.05, 0.1) is 5.41 Å². The zero-order valence-corrected chi connectivity index (χ0v) is 20.3. The number of phenolic OH excluding ortho intramolecular Hbond substituents is 2. The second kappa shape index (κ2) is 8.01. The quantitative estimate of drug-likeness (QED) is 0.409. The fourth-order valence-electron chi connectivity index (χ4n) is 5.07. The summed E-state index contributed by atoms with van der Waals surface area (Å²) in [7, 11) is 0. The number of hydrogen-bond donors (Lipinski definition) is 3. The molecule has 3 aromatic rings. The van der Waals surface area contributed by atoms with Crippen molar-refractivity contribution in [3.05, 3.63) is 53.7 Å². The molecule has 33 heavy (non-hydrogen) atoms. The van der Waals surface area contributed by atoms with E-state index in [0.29, 0.717) is 6.04 Å². The number of nitrogens with one attached hydrogen (secondary N) is 1. The van der Waals surface area contributed by atoms with Crippen LogP contribution < -0.4 is 5.32 Å². The second-order valence-corrected chi connectivity index (χ2v) is 11.7. The molecule has 0 bridgehead atoms. The average Bonchev–Trinajstić information content (AvgIpc) is 3.50. The standard InChI is InChI=1S/C27H32N2O3S/c1-26(2,3)24-15-17-14-19(5-6-21(17)29(24)20-8-12-33-13-9-20)28-25(32)27(10-11-27)18-4-7-22(30)23(31)16-18/h4-7,14-16,20,30-31H,8-13H2,1-3H3,(H,28,32). The Morgan fingerprint density at radius 1 is 1.03 bits per heavy atom. The number of aromatic hydroxyl groups is 2. The highest BCUT2D eigenvalue weighted by atomic mass is 32.2. The Hall–Kier alpha value is -2.60. The van der Waals surface area contributed by atoms with E-state index in [0.717, 1.165) is 29.5 Å². The number of hydrogen-bond acceptors (Lipinski definition) is 4. The first kappa shape index (κ1) is 22.2. The van der Waals surface area contributed by atoms with E-state index in [4.69, 9.17) is 0 Å². The highest BCUT2D eigenvalue weighted by Gasteiger charge is 2.51. The molecule has 1 saturated heterocycles. The summed E-state index contributed by atoms with van der Waals surface area (Å²) in [5.41, 5.74) is 3.51. The minimum atomic E-state index is -0.637. The molecular formula is C27H32N2O3S. The van der Waals surface area contributed by atoms with E-state index in [1.807, 2.05) is 17.8 Å². The third-order valence-corrected chi connectivity index (χ3v) is 8.18. The van der Waals surface area contributed by atoms with Gasteiger partial charge in [-0.15, -0.1) is 0 Å². The lowest BCUT2D eigenvalue weighted by molar-refractivity contribution is -0.118. The fourth-order valence-corrected chi connectivity index (χ4v) is 6.15. The Bertz CT molecular complexity index is 1210. The van der Waals surface area contributed by atoms with Crippen LogP contribution in [0.15, 0.2) is 42.5 Å². The SMILES string of the molecule is CC(C)(C)c1cc2cc(NC(=O)C3(c4ccc(O)c(O)c4)CC3)ccc2n1C1CCSCC1. The summed E-state index contributed by atoms with van der Waals surface area (Å²) in [5, 5.41) is 23.8. The zero-order valence-electron chi connectivity index (χ0n) is 19.5. The van der Waals surface area contributed by atoms with Gasteiger partial charge in [0, 0.05) is 33.7 Å². The molecule has 3 N–H and O–H groups in total. The van der Waals surface area contributed by atoms with Gasteiger partial charge in [-0.25, -0.2) is 0 Å². The number of aromatic nitrogens is 1. The lowest BCUT2D eigenvalue weighted by atomic mass is 9.91. The summed E-state index contributed by atoms with van der Waals surface area (Å²) in [6, 6.07) is 13.7. The Labute approximate surface area is 199 Å².